The van der Waals surface area contributed by atoms with E-state index in [1.165, 1.54) is 12.8 Å². The monoisotopic (exact) mass is 450 g/mol. The first-order valence-corrected chi connectivity index (χ1v) is 13.6. The third kappa shape index (κ3) is 6.74. The summed E-state index contributed by atoms with van der Waals surface area (Å²) in [6.45, 7) is 27.8. The predicted molar refractivity (Wildman–Crippen MR) is 138 cm³/mol. The molecule has 0 radical (unpaired) electrons. The number of aliphatic hydroxyl groups excluding tert-OH is 2. The molecular formula is C30H58O2. The van der Waals surface area contributed by atoms with Crippen LogP contribution in [0.15, 0.2) is 0 Å². The van der Waals surface area contributed by atoms with E-state index in [1.807, 2.05) is 0 Å². The topological polar surface area (TPSA) is 40.5 Å². The van der Waals surface area contributed by atoms with Gasteiger partial charge in [-0.25, -0.2) is 0 Å². The van der Waals surface area contributed by atoms with Crippen molar-refractivity contribution in [1.29, 1.82) is 0 Å². The molecule has 2 aliphatic rings. The van der Waals surface area contributed by atoms with E-state index < -0.39 is 0 Å². The third-order valence-electron chi connectivity index (χ3n) is 9.43. The van der Waals surface area contributed by atoms with Gasteiger partial charge in [0.05, 0.1) is 12.2 Å². The van der Waals surface area contributed by atoms with Crippen LogP contribution in [0.4, 0.5) is 0 Å². The Morgan fingerprint density at radius 2 is 0.625 bits per heavy atom. The van der Waals surface area contributed by atoms with E-state index >= 15 is 0 Å². The minimum absolute atomic E-state index is 0.144. The van der Waals surface area contributed by atoms with Crippen molar-refractivity contribution in [3.63, 3.8) is 0 Å². The second-order valence-electron chi connectivity index (χ2n) is 16.1. The maximum Gasteiger partial charge on any atom is 0.0606 e. The van der Waals surface area contributed by atoms with Crippen molar-refractivity contribution in [2.75, 3.05) is 0 Å². The van der Waals surface area contributed by atoms with Crippen LogP contribution in [0.3, 0.4) is 0 Å². The second kappa shape index (κ2) is 9.52. The Kier molecular flexibility index (Phi) is 8.38. The molecule has 2 nitrogen and oxygen atoms in total. The Hall–Kier alpha value is -0.0800. The van der Waals surface area contributed by atoms with Crippen LogP contribution in [-0.4, -0.2) is 22.4 Å². The molecule has 32 heavy (non-hydrogen) atoms. The fourth-order valence-corrected chi connectivity index (χ4v) is 7.15. The first kappa shape index (κ1) is 28.2. The Labute approximate surface area is 201 Å². The van der Waals surface area contributed by atoms with E-state index in [-0.39, 0.29) is 33.9 Å². The van der Waals surface area contributed by atoms with Gasteiger partial charge in [-0.2, -0.15) is 0 Å². The number of rotatable bonds is 3. The maximum absolute atomic E-state index is 11.3. The SMILES string of the molecule is CC(C)(C)C1CC(CCC2CC(C(C)(C)C)C(O)C(C(C)(C)C)C2)CC(C(C)(C)C)C1O. The van der Waals surface area contributed by atoms with Crippen molar-refractivity contribution in [1.82, 2.24) is 0 Å². The summed E-state index contributed by atoms with van der Waals surface area (Å²) in [5.41, 5.74) is 0.576. The van der Waals surface area contributed by atoms with Crippen LogP contribution < -0.4 is 0 Å². The van der Waals surface area contributed by atoms with Crippen molar-refractivity contribution in [2.24, 2.45) is 57.2 Å². The van der Waals surface area contributed by atoms with Crippen LogP contribution >= 0.6 is 0 Å². The normalized spacial score (nSPS) is 38.1. The Morgan fingerprint density at radius 1 is 0.438 bits per heavy atom. The molecule has 0 aromatic heterocycles. The molecule has 2 saturated carbocycles. The summed E-state index contributed by atoms with van der Waals surface area (Å²) >= 11 is 0. The standard InChI is InChI=1S/C30H58O2/c1-27(2,3)21-15-19(16-22(25(21)31)28(4,5)6)13-14-20-17-23(29(7,8)9)26(32)24(18-20)30(10,11)12/h19-26,31-32H,13-18H2,1-12H3. The van der Waals surface area contributed by atoms with Gasteiger partial charge in [-0.1, -0.05) is 95.9 Å². The van der Waals surface area contributed by atoms with Gasteiger partial charge >= 0.3 is 0 Å². The molecule has 0 amide bonds. The van der Waals surface area contributed by atoms with Crippen LogP contribution in [0, 0.1) is 57.2 Å². The third-order valence-corrected chi connectivity index (χ3v) is 9.43. The van der Waals surface area contributed by atoms with Crippen molar-refractivity contribution in [3.05, 3.63) is 0 Å². The van der Waals surface area contributed by atoms with Gasteiger partial charge in [-0.05, 0) is 82.9 Å². The molecule has 2 aliphatic carbocycles. The van der Waals surface area contributed by atoms with Crippen LogP contribution in [0.2, 0.25) is 0 Å². The lowest BCUT2D eigenvalue weighted by Crippen LogP contribution is -2.48. The van der Waals surface area contributed by atoms with Crippen LogP contribution in [0.1, 0.15) is 122 Å². The van der Waals surface area contributed by atoms with Gasteiger partial charge in [0, 0.05) is 0 Å². The second-order valence-corrected chi connectivity index (χ2v) is 16.1. The van der Waals surface area contributed by atoms with Crippen molar-refractivity contribution < 1.29 is 10.2 Å². The summed E-state index contributed by atoms with van der Waals surface area (Å²) in [4.78, 5) is 0. The Balaban J connectivity index is 2.16. The molecule has 0 saturated heterocycles. The van der Waals surface area contributed by atoms with Gasteiger partial charge in [0.15, 0.2) is 0 Å². The molecule has 4 unspecified atom stereocenters. The highest BCUT2D eigenvalue weighted by molar-refractivity contribution is 4.98. The van der Waals surface area contributed by atoms with Crippen molar-refractivity contribution in [2.45, 2.75) is 134 Å². The van der Waals surface area contributed by atoms with Gasteiger partial charge in [0.1, 0.15) is 0 Å². The molecule has 0 heterocycles. The van der Waals surface area contributed by atoms with Gasteiger partial charge in [-0.15, -0.1) is 0 Å². The van der Waals surface area contributed by atoms with Gasteiger partial charge in [0.2, 0.25) is 0 Å². The molecule has 4 atom stereocenters. The molecule has 0 aromatic rings. The highest BCUT2D eigenvalue weighted by Gasteiger charge is 2.48. The molecule has 0 aliphatic heterocycles. The van der Waals surface area contributed by atoms with E-state index in [1.54, 1.807) is 0 Å². The predicted octanol–water partition coefficient (Wildman–Crippen LogP) is 7.96. The van der Waals surface area contributed by atoms with E-state index in [9.17, 15) is 10.2 Å². The highest BCUT2D eigenvalue weighted by atomic mass is 16.3. The molecule has 0 bridgehead atoms. The van der Waals surface area contributed by atoms with E-state index in [4.69, 9.17) is 0 Å². The molecule has 2 N–H and O–H groups in total. The summed E-state index contributed by atoms with van der Waals surface area (Å²) in [6, 6.07) is 0. The quantitative estimate of drug-likeness (QED) is 0.458. The fourth-order valence-electron chi connectivity index (χ4n) is 7.15. The lowest BCUT2D eigenvalue weighted by atomic mass is 9.56. The number of aliphatic hydroxyl groups is 2. The molecule has 2 rings (SSSR count). The molecule has 2 heteroatoms. The maximum atomic E-state index is 11.3. The van der Waals surface area contributed by atoms with Crippen molar-refractivity contribution >= 4 is 0 Å². The van der Waals surface area contributed by atoms with E-state index in [0.717, 1.165) is 25.7 Å². The zero-order chi connectivity index (χ0) is 24.9. The van der Waals surface area contributed by atoms with Crippen molar-refractivity contribution in [3.8, 4) is 0 Å². The smallest absolute Gasteiger partial charge is 0.0606 e. The van der Waals surface area contributed by atoms with Crippen LogP contribution in [0.5, 0.6) is 0 Å². The number of hydrogen-bond acceptors (Lipinski definition) is 2. The molecule has 190 valence electrons. The molecular weight excluding hydrogens is 392 g/mol. The lowest BCUT2D eigenvalue weighted by Gasteiger charge is -2.51. The summed E-state index contributed by atoms with van der Waals surface area (Å²) in [5.74, 6) is 2.93. The average Bonchev–Trinajstić information content (AvgIpc) is 2.57. The van der Waals surface area contributed by atoms with Gasteiger partial charge < -0.3 is 10.2 Å². The first-order chi connectivity index (χ1) is 14.2. The summed E-state index contributed by atoms with van der Waals surface area (Å²) < 4.78 is 0. The molecule has 0 spiro atoms. The average molecular weight is 451 g/mol. The van der Waals surface area contributed by atoms with Gasteiger partial charge in [0.25, 0.3) is 0 Å². The minimum atomic E-state index is -0.188. The fraction of sp³-hybridized carbons (Fsp3) is 1.00. The van der Waals surface area contributed by atoms with E-state index in [2.05, 4.69) is 83.1 Å². The lowest BCUT2D eigenvalue weighted by molar-refractivity contribution is -0.0932. The Bertz CT molecular complexity index is 492. The van der Waals surface area contributed by atoms with Crippen LogP contribution in [-0.2, 0) is 0 Å². The minimum Gasteiger partial charge on any atom is -0.393 e. The Morgan fingerprint density at radius 3 is 0.781 bits per heavy atom. The first-order valence-electron chi connectivity index (χ1n) is 13.6. The largest absolute Gasteiger partial charge is 0.393 e. The molecule has 2 fully saturated rings. The van der Waals surface area contributed by atoms with E-state index in [0.29, 0.717) is 35.5 Å². The zero-order valence-corrected chi connectivity index (χ0v) is 23.8. The summed E-state index contributed by atoms with van der Waals surface area (Å²) in [5, 5.41) is 22.6. The zero-order valence-electron chi connectivity index (χ0n) is 23.8. The summed E-state index contributed by atoms with van der Waals surface area (Å²) in [7, 11) is 0. The van der Waals surface area contributed by atoms with Gasteiger partial charge in [-0.3, -0.25) is 0 Å². The number of hydrogen-bond donors (Lipinski definition) is 2. The summed E-state index contributed by atoms with van der Waals surface area (Å²) in [6.07, 6.45) is 6.84. The van der Waals surface area contributed by atoms with Crippen LogP contribution in [0.25, 0.3) is 0 Å². The highest BCUT2D eigenvalue weighted by Crippen LogP contribution is 2.52. The molecule has 0 aromatic carbocycles.